The van der Waals surface area contributed by atoms with Gasteiger partial charge in [-0.25, -0.2) is 4.84 Å². The van der Waals surface area contributed by atoms with Crippen LogP contribution in [0.3, 0.4) is 0 Å². The second-order valence-electron chi connectivity index (χ2n) is 4.23. The number of aliphatic carboxylic acids is 1. The van der Waals surface area contributed by atoms with E-state index in [2.05, 4.69) is 4.84 Å². The first kappa shape index (κ1) is 16.8. The number of benzene rings is 1. The molecule has 1 aromatic rings. The van der Waals surface area contributed by atoms with Crippen LogP contribution in [0.15, 0.2) is 29.2 Å². The summed E-state index contributed by atoms with van der Waals surface area (Å²) in [4.78, 5) is 24.8. The number of nitrogens with one attached hydrogen (secondary N) is 1. The molecule has 110 valence electrons. The van der Waals surface area contributed by atoms with Crippen molar-refractivity contribution in [3.63, 3.8) is 0 Å². The maximum atomic E-state index is 11.9. The number of Topliss-reactive ketones (excluding diaryl/α,β-unsaturated/α-hetero) is 1. The molecule has 2 atom stereocenters. The molecule has 7 heteroatoms. The second kappa shape index (κ2) is 8.14. The molecule has 0 bridgehead atoms. The number of hydrogen-bond donors (Lipinski definition) is 2. The first-order chi connectivity index (χ1) is 9.47. The number of carbonyl (C=O) groups excluding carboxylic acids is 1. The van der Waals surface area contributed by atoms with E-state index in [0.29, 0.717) is 11.3 Å². The van der Waals surface area contributed by atoms with Gasteiger partial charge in [-0.1, -0.05) is 19.1 Å². The Morgan fingerprint density at radius 1 is 1.35 bits per heavy atom. The van der Waals surface area contributed by atoms with Crippen molar-refractivity contribution in [1.29, 1.82) is 0 Å². The SMILES string of the molecule is CCC(=O)CS(=O)c1ccc(CC(NCl)C(=O)O)cc1. The van der Waals surface area contributed by atoms with Crippen LogP contribution in [0.25, 0.3) is 0 Å². The van der Waals surface area contributed by atoms with Gasteiger partial charge in [0.05, 0.1) is 16.6 Å². The van der Waals surface area contributed by atoms with Gasteiger partial charge in [0.25, 0.3) is 0 Å². The Morgan fingerprint density at radius 2 is 1.95 bits per heavy atom. The van der Waals surface area contributed by atoms with E-state index in [1.165, 1.54) is 0 Å². The largest absolute Gasteiger partial charge is 0.480 e. The van der Waals surface area contributed by atoms with Crippen LogP contribution in [-0.4, -0.2) is 32.9 Å². The summed E-state index contributed by atoms with van der Waals surface area (Å²) < 4.78 is 11.9. The van der Waals surface area contributed by atoms with E-state index >= 15 is 0 Å². The van der Waals surface area contributed by atoms with Crippen LogP contribution >= 0.6 is 11.8 Å². The quantitative estimate of drug-likeness (QED) is 0.710. The van der Waals surface area contributed by atoms with E-state index in [1.807, 2.05) is 0 Å². The van der Waals surface area contributed by atoms with Crippen LogP contribution in [-0.2, 0) is 26.8 Å². The maximum Gasteiger partial charge on any atom is 0.322 e. The summed E-state index contributed by atoms with van der Waals surface area (Å²) in [5.41, 5.74) is 0.758. The predicted molar refractivity (Wildman–Crippen MR) is 77.1 cm³/mol. The normalized spacial score (nSPS) is 13.7. The van der Waals surface area contributed by atoms with E-state index in [-0.39, 0.29) is 18.0 Å². The highest BCUT2D eigenvalue weighted by Crippen LogP contribution is 2.11. The minimum absolute atomic E-state index is 0.0107. The topological polar surface area (TPSA) is 83.5 Å². The molecule has 0 aromatic heterocycles. The zero-order valence-electron chi connectivity index (χ0n) is 11.0. The molecule has 0 heterocycles. The lowest BCUT2D eigenvalue weighted by molar-refractivity contribution is -0.138. The van der Waals surface area contributed by atoms with Gasteiger partial charge >= 0.3 is 5.97 Å². The predicted octanol–water partition coefficient (Wildman–Crippen LogP) is 1.51. The van der Waals surface area contributed by atoms with Gasteiger partial charge < -0.3 is 5.11 Å². The fourth-order valence-corrected chi connectivity index (χ4v) is 2.79. The van der Waals surface area contributed by atoms with Crippen molar-refractivity contribution in [3.8, 4) is 0 Å². The molecule has 0 radical (unpaired) electrons. The standard InChI is InChI=1S/C13H16ClNO4S/c1-2-10(16)8-20(19)11-5-3-9(4-6-11)7-12(15-14)13(17)18/h3-6,12,15H,2,7-8H2,1H3,(H,17,18). The van der Waals surface area contributed by atoms with Crippen LogP contribution in [0, 0.1) is 0 Å². The van der Waals surface area contributed by atoms with Crippen molar-refractivity contribution < 1.29 is 18.9 Å². The lowest BCUT2D eigenvalue weighted by Gasteiger charge is -2.10. The number of ketones is 1. The third kappa shape index (κ3) is 5.03. The summed E-state index contributed by atoms with van der Waals surface area (Å²) >= 11 is 5.35. The van der Waals surface area contributed by atoms with Gasteiger partial charge in [-0.15, -0.1) is 0 Å². The van der Waals surface area contributed by atoms with Crippen LogP contribution in [0.4, 0.5) is 0 Å². The van der Waals surface area contributed by atoms with Crippen molar-refractivity contribution >= 4 is 34.3 Å². The van der Waals surface area contributed by atoms with Gasteiger partial charge in [0.2, 0.25) is 0 Å². The summed E-state index contributed by atoms with van der Waals surface area (Å²) in [6.45, 7) is 1.73. The lowest BCUT2D eigenvalue weighted by Crippen LogP contribution is -2.32. The molecule has 1 aromatic carbocycles. The van der Waals surface area contributed by atoms with Gasteiger partial charge in [-0.2, -0.15) is 0 Å². The minimum Gasteiger partial charge on any atom is -0.480 e. The Labute approximate surface area is 124 Å². The Kier molecular flexibility index (Phi) is 6.84. The van der Waals surface area contributed by atoms with Crippen LogP contribution in [0.1, 0.15) is 18.9 Å². The zero-order valence-corrected chi connectivity index (χ0v) is 12.5. The van der Waals surface area contributed by atoms with E-state index in [4.69, 9.17) is 16.9 Å². The number of halogens is 1. The van der Waals surface area contributed by atoms with Crippen molar-refractivity contribution in [2.24, 2.45) is 0 Å². The van der Waals surface area contributed by atoms with Crippen LogP contribution < -0.4 is 4.84 Å². The first-order valence-corrected chi connectivity index (χ1v) is 7.75. The van der Waals surface area contributed by atoms with Crippen molar-refractivity contribution in [2.75, 3.05) is 5.75 Å². The molecule has 1 rings (SSSR count). The highest BCUT2D eigenvalue weighted by atomic mass is 35.5. The molecule has 5 nitrogen and oxygen atoms in total. The first-order valence-electron chi connectivity index (χ1n) is 6.06. The third-order valence-corrected chi connectivity index (χ3v) is 4.39. The number of carboxylic acid groups (broad SMARTS) is 1. The molecule has 20 heavy (non-hydrogen) atoms. The fraction of sp³-hybridized carbons (Fsp3) is 0.385. The molecule has 0 amide bonds. The van der Waals surface area contributed by atoms with Crippen LogP contribution in [0.2, 0.25) is 0 Å². The van der Waals surface area contributed by atoms with Crippen molar-refractivity contribution in [1.82, 2.24) is 4.84 Å². The Morgan fingerprint density at radius 3 is 2.40 bits per heavy atom. The third-order valence-electron chi connectivity index (χ3n) is 2.74. The molecule has 0 aliphatic rings. The minimum atomic E-state index is -1.35. The van der Waals surface area contributed by atoms with Gasteiger partial charge in [-0.05, 0) is 35.9 Å². The highest BCUT2D eigenvalue weighted by Gasteiger charge is 2.16. The average molecular weight is 318 g/mol. The molecule has 0 fully saturated rings. The van der Waals surface area contributed by atoms with Crippen LogP contribution in [0.5, 0.6) is 0 Å². The van der Waals surface area contributed by atoms with E-state index < -0.39 is 22.8 Å². The Bertz CT molecular complexity index is 504. The van der Waals surface area contributed by atoms with E-state index in [1.54, 1.807) is 31.2 Å². The molecule has 2 unspecified atom stereocenters. The van der Waals surface area contributed by atoms with E-state index in [9.17, 15) is 13.8 Å². The molecule has 2 N–H and O–H groups in total. The molecular formula is C13H16ClNO4S. The van der Waals surface area contributed by atoms with Crippen molar-refractivity contribution in [3.05, 3.63) is 29.8 Å². The number of carbonyl (C=O) groups is 2. The molecule has 0 aliphatic carbocycles. The summed E-state index contributed by atoms with van der Waals surface area (Å²) in [6.07, 6.45) is 0.588. The number of rotatable bonds is 8. The zero-order chi connectivity index (χ0) is 15.1. The average Bonchev–Trinajstić information content (AvgIpc) is 2.44. The summed E-state index contributed by atoms with van der Waals surface area (Å²) in [6, 6.07) is 5.78. The molecule has 0 saturated carbocycles. The molecular weight excluding hydrogens is 302 g/mol. The van der Waals surface area contributed by atoms with Gasteiger partial charge in [0, 0.05) is 11.3 Å². The lowest BCUT2D eigenvalue weighted by atomic mass is 10.1. The molecule has 0 spiro atoms. The van der Waals surface area contributed by atoms with Gasteiger partial charge in [-0.3, -0.25) is 13.8 Å². The summed E-state index contributed by atoms with van der Waals surface area (Å²) in [5, 5.41) is 8.87. The summed E-state index contributed by atoms with van der Waals surface area (Å²) in [7, 11) is -1.35. The number of carboxylic acids is 1. The second-order valence-corrected chi connectivity index (χ2v) is 5.90. The van der Waals surface area contributed by atoms with Crippen molar-refractivity contribution in [2.45, 2.75) is 30.7 Å². The molecule has 0 saturated heterocycles. The fourth-order valence-electron chi connectivity index (χ4n) is 1.52. The van der Waals surface area contributed by atoms with E-state index in [0.717, 1.165) is 5.56 Å². The smallest absolute Gasteiger partial charge is 0.322 e. The number of hydrogen-bond acceptors (Lipinski definition) is 4. The molecule has 0 aliphatic heterocycles. The monoisotopic (exact) mass is 317 g/mol. The van der Waals surface area contributed by atoms with Gasteiger partial charge in [0.15, 0.2) is 0 Å². The highest BCUT2D eigenvalue weighted by molar-refractivity contribution is 7.85. The summed E-state index contributed by atoms with van der Waals surface area (Å²) in [5.74, 6) is -1.08. The Balaban J connectivity index is 2.71. The maximum absolute atomic E-state index is 11.9. The van der Waals surface area contributed by atoms with Gasteiger partial charge in [0.1, 0.15) is 11.8 Å². The Hall–Kier alpha value is -1.24.